The van der Waals surface area contributed by atoms with Crippen LogP contribution in [0.25, 0.3) is 0 Å². The molecule has 0 bridgehead atoms. The normalized spacial score (nSPS) is 9.94. The van der Waals surface area contributed by atoms with E-state index in [-0.39, 0.29) is 0 Å². The Morgan fingerprint density at radius 1 is 1.24 bits per heavy atom. The quantitative estimate of drug-likeness (QED) is 0.846. The van der Waals surface area contributed by atoms with E-state index in [0.717, 1.165) is 17.1 Å². The molecule has 1 aromatic heterocycles. The molecule has 0 radical (unpaired) electrons. The average Bonchev–Trinajstić information content (AvgIpc) is 2.33. The van der Waals surface area contributed by atoms with E-state index in [1.165, 1.54) is 0 Å². The standard InChI is InChI=1S/C13H15N3O/c1-2-17-12-5-3-4-10(8-12)16-11-6-7-13(14)15-9-11/h3-9,16H,2H2,1H3,(H2,14,15). The van der Waals surface area contributed by atoms with Crippen LogP contribution in [0.5, 0.6) is 5.75 Å². The Bertz CT molecular complexity index is 482. The molecular weight excluding hydrogens is 214 g/mol. The molecule has 17 heavy (non-hydrogen) atoms. The number of pyridine rings is 1. The molecule has 0 unspecified atom stereocenters. The minimum absolute atomic E-state index is 0.513. The third kappa shape index (κ3) is 3.11. The maximum absolute atomic E-state index is 5.52. The second-order valence-corrected chi connectivity index (χ2v) is 3.56. The zero-order valence-corrected chi connectivity index (χ0v) is 9.68. The van der Waals surface area contributed by atoms with Crippen molar-refractivity contribution in [1.29, 1.82) is 0 Å². The van der Waals surface area contributed by atoms with Crippen LogP contribution in [0.4, 0.5) is 17.2 Å². The van der Waals surface area contributed by atoms with Gasteiger partial charge in [-0.1, -0.05) is 6.07 Å². The predicted molar refractivity (Wildman–Crippen MR) is 69.5 cm³/mol. The Morgan fingerprint density at radius 3 is 2.82 bits per heavy atom. The molecular formula is C13H15N3O. The molecule has 0 saturated carbocycles. The molecule has 4 nitrogen and oxygen atoms in total. The SMILES string of the molecule is CCOc1cccc(Nc2ccc(N)nc2)c1. The van der Waals surface area contributed by atoms with Crippen LogP contribution >= 0.6 is 0 Å². The van der Waals surface area contributed by atoms with Gasteiger partial charge >= 0.3 is 0 Å². The lowest BCUT2D eigenvalue weighted by atomic mass is 10.3. The smallest absolute Gasteiger partial charge is 0.123 e. The van der Waals surface area contributed by atoms with E-state index in [2.05, 4.69) is 10.3 Å². The van der Waals surface area contributed by atoms with Gasteiger partial charge < -0.3 is 15.8 Å². The lowest BCUT2D eigenvalue weighted by Crippen LogP contribution is -1.95. The Morgan fingerprint density at radius 2 is 2.12 bits per heavy atom. The molecule has 2 rings (SSSR count). The lowest BCUT2D eigenvalue weighted by Gasteiger charge is -2.08. The molecule has 0 spiro atoms. The van der Waals surface area contributed by atoms with Gasteiger partial charge in [0.25, 0.3) is 0 Å². The number of nitrogens with two attached hydrogens (primary N) is 1. The molecule has 0 aliphatic carbocycles. The molecule has 1 heterocycles. The van der Waals surface area contributed by atoms with Crippen LogP contribution in [0.3, 0.4) is 0 Å². The first-order valence-corrected chi connectivity index (χ1v) is 5.49. The van der Waals surface area contributed by atoms with Crippen molar-refractivity contribution in [2.45, 2.75) is 6.92 Å². The number of nitrogens with zero attached hydrogens (tertiary/aromatic N) is 1. The van der Waals surface area contributed by atoms with E-state index < -0.39 is 0 Å². The number of hydrogen-bond acceptors (Lipinski definition) is 4. The first-order chi connectivity index (χ1) is 8.28. The number of hydrogen-bond donors (Lipinski definition) is 2. The van der Waals surface area contributed by atoms with Crippen molar-refractivity contribution in [3.63, 3.8) is 0 Å². The van der Waals surface area contributed by atoms with Gasteiger partial charge in [0, 0.05) is 11.8 Å². The summed E-state index contributed by atoms with van der Waals surface area (Å²) >= 11 is 0. The van der Waals surface area contributed by atoms with E-state index in [1.807, 2.05) is 37.3 Å². The third-order valence-corrected chi connectivity index (χ3v) is 2.22. The Labute approximate surface area is 100 Å². The second kappa shape index (κ2) is 5.21. The van der Waals surface area contributed by atoms with E-state index in [4.69, 9.17) is 10.5 Å². The number of anilines is 3. The topological polar surface area (TPSA) is 60.2 Å². The largest absolute Gasteiger partial charge is 0.494 e. The van der Waals surface area contributed by atoms with Gasteiger partial charge in [-0.3, -0.25) is 0 Å². The lowest BCUT2D eigenvalue weighted by molar-refractivity contribution is 0.340. The number of rotatable bonds is 4. The fourth-order valence-electron chi connectivity index (χ4n) is 1.48. The van der Waals surface area contributed by atoms with Crippen LogP contribution in [0.1, 0.15) is 6.92 Å². The highest BCUT2D eigenvalue weighted by atomic mass is 16.5. The fraction of sp³-hybridized carbons (Fsp3) is 0.154. The maximum atomic E-state index is 5.52. The Balaban J connectivity index is 2.12. The van der Waals surface area contributed by atoms with Crippen molar-refractivity contribution in [2.24, 2.45) is 0 Å². The number of benzene rings is 1. The van der Waals surface area contributed by atoms with Crippen molar-refractivity contribution in [3.8, 4) is 5.75 Å². The highest BCUT2D eigenvalue weighted by Crippen LogP contribution is 2.21. The van der Waals surface area contributed by atoms with E-state index in [0.29, 0.717) is 12.4 Å². The van der Waals surface area contributed by atoms with Crippen molar-refractivity contribution in [2.75, 3.05) is 17.7 Å². The van der Waals surface area contributed by atoms with Crippen LogP contribution in [-0.2, 0) is 0 Å². The summed E-state index contributed by atoms with van der Waals surface area (Å²) in [5.41, 5.74) is 7.38. The summed E-state index contributed by atoms with van der Waals surface area (Å²) in [6.07, 6.45) is 1.70. The van der Waals surface area contributed by atoms with Gasteiger partial charge in [-0.2, -0.15) is 0 Å². The van der Waals surface area contributed by atoms with E-state index in [1.54, 1.807) is 12.3 Å². The number of nitrogen functional groups attached to an aromatic ring is 1. The third-order valence-electron chi connectivity index (χ3n) is 2.22. The summed E-state index contributed by atoms with van der Waals surface area (Å²) in [6.45, 7) is 2.62. The Hall–Kier alpha value is -2.23. The van der Waals surface area contributed by atoms with Gasteiger partial charge in [-0.05, 0) is 31.2 Å². The van der Waals surface area contributed by atoms with Gasteiger partial charge in [0.05, 0.1) is 18.5 Å². The predicted octanol–water partition coefficient (Wildman–Crippen LogP) is 2.81. The van der Waals surface area contributed by atoms with Gasteiger partial charge in [0.1, 0.15) is 11.6 Å². The summed E-state index contributed by atoms with van der Waals surface area (Å²) in [5.74, 6) is 1.36. The van der Waals surface area contributed by atoms with Crippen LogP contribution < -0.4 is 15.8 Å². The summed E-state index contributed by atoms with van der Waals surface area (Å²) in [4.78, 5) is 4.02. The van der Waals surface area contributed by atoms with Crippen LogP contribution in [0.15, 0.2) is 42.6 Å². The zero-order chi connectivity index (χ0) is 12.1. The molecule has 0 saturated heterocycles. The average molecular weight is 229 g/mol. The van der Waals surface area contributed by atoms with Gasteiger partial charge in [0.2, 0.25) is 0 Å². The molecule has 0 atom stereocenters. The molecule has 0 amide bonds. The van der Waals surface area contributed by atoms with Gasteiger partial charge in [-0.15, -0.1) is 0 Å². The molecule has 88 valence electrons. The molecule has 4 heteroatoms. The number of aromatic nitrogens is 1. The Kier molecular flexibility index (Phi) is 3.45. The molecule has 0 aliphatic rings. The van der Waals surface area contributed by atoms with Crippen molar-refractivity contribution >= 4 is 17.2 Å². The van der Waals surface area contributed by atoms with Crippen molar-refractivity contribution in [3.05, 3.63) is 42.6 Å². The highest BCUT2D eigenvalue weighted by molar-refractivity contribution is 5.61. The summed E-state index contributed by atoms with van der Waals surface area (Å²) in [6, 6.07) is 11.4. The summed E-state index contributed by atoms with van der Waals surface area (Å²) < 4.78 is 5.43. The van der Waals surface area contributed by atoms with Crippen LogP contribution in [0.2, 0.25) is 0 Å². The molecule has 0 fully saturated rings. The summed E-state index contributed by atoms with van der Waals surface area (Å²) in [5, 5.41) is 3.23. The van der Waals surface area contributed by atoms with Gasteiger partial charge in [-0.25, -0.2) is 4.98 Å². The zero-order valence-electron chi connectivity index (χ0n) is 9.68. The minimum atomic E-state index is 0.513. The number of ether oxygens (including phenoxy) is 1. The van der Waals surface area contributed by atoms with Crippen molar-refractivity contribution in [1.82, 2.24) is 4.98 Å². The number of nitrogens with one attached hydrogen (secondary N) is 1. The van der Waals surface area contributed by atoms with E-state index >= 15 is 0 Å². The second-order valence-electron chi connectivity index (χ2n) is 3.56. The molecule has 1 aromatic carbocycles. The van der Waals surface area contributed by atoms with E-state index in [9.17, 15) is 0 Å². The summed E-state index contributed by atoms with van der Waals surface area (Å²) in [7, 11) is 0. The molecule has 0 aliphatic heterocycles. The first-order valence-electron chi connectivity index (χ1n) is 5.49. The highest BCUT2D eigenvalue weighted by Gasteiger charge is 1.97. The minimum Gasteiger partial charge on any atom is -0.494 e. The fourth-order valence-corrected chi connectivity index (χ4v) is 1.48. The molecule has 2 aromatic rings. The first kappa shape index (κ1) is 11.3. The molecule has 3 N–H and O–H groups in total. The van der Waals surface area contributed by atoms with Gasteiger partial charge in [0.15, 0.2) is 0 Å². The van der Waals surface area contributed by atoms with Crippen LogP contribution in [0, 0.1) is 0 Å². The monoisotopic (exact) mass is 229 g/mol. The van der Waals surface area contributed by atoms with Crippen LogP contribution in [-0.4, -0.2) is 11.6 Å². The van der Waals surface area contributed by atoms with Crippen molar-refractivity contribution < 1.29 is 4.74 Å². The maximum Gasteiger partial charge on any atom is 0.123 e.